The molecule has 0 aliphatic carbocycles. The van der Waals surface area contributed by atoms with Crippen LogP contribution in [0.1, 0.15) is 25.3 Å². The van der Waals surface area contributed by atoms with Crippen molar-refractivity contribution in [1.29, 1.82) is 0 Å². The predicted molar refractivity (Wildman–Crippen MR) is 104 cm³/mol. The van der Waals surface area contributed by atoms with Gasteiger partial charge in [0.25, 0.3) is 0 Å². The van der Waals surface area contributed by atoms with E-state index in [-0.39, 0.29) is 24.0 Å². The zero-order valence-corrected chi connectivity index (χ0v) is 16.6. The van der Waals surface area contributed by atoms with Crippen LogP contribution in [0.15, 0.2) is 17.4 Å². The van der Waals surface area contributed by atoms with E-state index in [0.29, 0.717) is 0 Å². The molecule has 0 unspecified atom stereocenters. The third-order valence-electron chi connectivity index (χ3n) is 2.89. The summed E-state index contributed by atoms with van der Waals surface area (Å²) in [5, 5.41) is 7.54. The molecule has 0 fully saturated rings. The summed E-state index contributed by atoms with van der Waals surface area (Å²) in [7, 11) is 4.00. The first kappa shape index (κ1) is 20.6. The molecule has 7 heteroatoms. The molecule has 122 valence electrons. The fourth-order valence-corrected chi connectivity index (χ4v) is 2.41. The van der Waals surface area contributed by atoms with Gasteiger partial charge in [0.1, 0.15) is 0 Å². The Morgan fingerprint density at radius 3 is 2.81 bits per heavy atom. The summed E-state index contributed by atoms with van der Waals surface area (Å²) in [6.45, 7) is 4.70. The molecule has 0 radical (unpaired) electrons. The van der Waals surface area contributed by atoms with Gasteiger partial charge in [-0.1, -0.05) is 0 Å². The van der Waals surface area contributed by atoms with Crippen molar-refractivity contribution in [1.82, 2.24) is 20.0 Å². The zero-order valence-electron chi connectivity index (χ0n) is 13.5. The van der Waals surface area contributed by atoms with E-state index in [1.807, 2.05) is 35.9 Å². The van der Waals surface area contributed by atoms with Crippen molar-refractivity contribution in [2.75, 3.05) is 32.1 Å². The van der Waals surface area contributed by atoms with Crippen LogP contribution in [-0.4, -0.2) is 52.8 Å². The molecule has 0 spiro atoms. The van der Waals surface area contributed by atoms with Crippen molar-refractivity contribution in [3.8, 4) is 0 Å². The Balaban J connectivity index is 0.00000400. The first-order valence-corrected chi connectivity index (χ1v) is 8.52. The monoisotopic (exact) mass is 425 g/mol. The number of aliphatic imine (C=N–C) groups is 1. The summed E-state index contributed by atoms with van der Waals surface area (Å²) < 4.78 is 1.83. The van der Waals surface area contributed by atoms with Crippen LogP contribution in [-0.2, 0) is 13.6 Å². The first-order valence-electron chi connectivity index (χ1n) is 7.13. The number of aromatic nitrogens is 2. The molecule has 0 saturated carbocycles. The molecular formula is C14H28IN5S. The Bertz CT molecular complexity index is 408. The minimum absolute atomic E-state index is 0. The SMILES string of the molecule is CCNC(=NCCCCSC)N(C)Cc1cnn(C)c1.I. The molecular weight excluding hydrogens is 397 g/mol. The van der Waals surface area contributed by atoms with Gasteiger partial charge in [-0.2, -0.15) is 16.9 Å². The molecule has 5 nitrogen and oxygen atoms in total. The molecule has 0 aromatic carbocycles. The van der Waals surface area contributed by atoms with Gasteiger partial charge >= 0.3 is 0 Å². The zero-order chi connectivity index (χ0) is 14.8. The molecule has 0 atom stereocenters. The van der Waals surface area contributed by atoms with E-state index >= 15 is 0 Å². The highest BCUT2D eigenvalue weighted by atomic mass is 127. The van der Waals surface area contributed by atoms with Gasteiger partial charge in [-0.15, -0.1) is 24.0 Å². The summed E-state index contributed by atoms with van der Waals surface area (Å²) in [6.07, 6.45) is 8.47. The number of halogens is 1. The number of hydrogen-bond donors (Lipinski definition) is 1. The number of unbranched alkanes of at least 4 members (excludes halogenated alkanes) is 1. The van der Waals surface area contributed by atoms with Crippen LogP contribution in [0.5, 0.6) is 0 Å². The normalized spacial score (nSPS) is 11.1. The van der Waals surface area contributed by atoms with E-state index in [0.717, 1.165) is 32.0 Å². The van der Waals surface area contributed by atoms with E-state index in [1.54, 1.807) is 0 Å². The smallest absolute Gasteiger partial charge is 0.193 e. The van der Waals surface area contributed by atoms with Crippen molar-refractivity contribution in [2.45, 2.75) is 26.3 Å². The topological polar surface area (TPSA) is 45.5 Å². The molecule has 1 aromatic rings. The lowest BCUT2D eigenvalue weighted by atomic mass is 10.3. The number of rotatable bonds is 8. The van der Waals surface area contributed by atoms with Crippen LogP contribution in [0.4, 0.5) is 0 Å². The second-order valence-corrected chi connectivity index (χ2v) is 5.80. The van der Waals surface area contributed by atoms with E-state index in [4.69, 9.17) is 0 Å². The number of hydrogen-bond acceptors (Lipinski definition) is 3. The largest absolute Gasteiger partial charge is 0.357 e. The third-order valence-corrected chi connectivity index (χ3v) is 3.59. The molecule has 21 heavy (non-hydrogen) atoms. The standard InChI is InChI=1S/C14H27N5S.HI/c1-5-15-14(16-8-6-7-9-20-4)18(2)11-13-10-17-19(3)12-13;/h10,12H,5-9,11H2,1-4H3,(H,15,16);1H. The maximum atomic E-state index is 4.68. The average molecular weight is 425 g/mol. The number of nitrogens with one attached hydrogen (secondary N) is 1. The second-order valence-electron chi connectivity index (χ2n) is 4.81. The van der Waals surface area contributed by atoms with E-state index < -0.39 is 0 Å². The highest BCUT2D eigenvalue weighted by Gasteiger charge is 2.07. The summed E-state index contributed by atoms with van der Waals surface area (Å²) in [5.41, 5.74) is 1.20. The molecule has 0 saturated heterocycles. The molecule has 0 aliphatic rings. The van der Waals surface area contributed by atoms with Crippen LogP contribution >= 0.6 is 35.7 Å². The lowest BCUT2D eigenvalue weighted by molar-refractivity contribution is 0.476. The minimum atomic E-state index is 0. The second kappa shape index (κ2) is 12.1. The van der Waals surface area contributed by atoms with Gasteiger partial charge in [-0.25, -0.2) is 0 Å². The highest BCUT2D eigenvalue weighted by Crippen LogP contribution is 2.03. The maximum absolute atomic E-state index is 4.68. The maximum Gasteiger partial charge on any atom is 0.193 e. The highest BCUT2D eigenvalue weighted by molar-refractivity contribution is 14.0. The minimum Gasteiger partial charge on any atom is -0.357 e. The Kier molecular flexibility index (Phi) is 11.9. The van der Waals surface area contributed by atoms with Crippen molar-refractivity contribution in [3.63, 3.8) is 0 Å². The van der Waals surface area contributed by atoms with Crippen LogP contribution in [0.2, 0.25) is 0 Å². The van der Waals surface area contributed by atoms with Crippen LogP contribution in [0.3, 0.4) is 0 Å². The fourth-order valence-electron chi connectivity index (χ4n) is 1.92. The lowest BCUT2D eigenvalue weighted by Crippen LogP contribution is -2.38. The van der Waals surface area contributed by atoms with Crippen molar-refractivity contribution >= 4 is 41.7 Å². The molecule has 1 rings (SSSR count). The number of guanidine groups is 1. The van der Waals surface area contributed by atoms with Crippen molar-refractivity contribution in [3.05, 3.63) is 18.0 Å². The Labute approximate surface area is 150 Å². The molecule has 1 aromatic heterocycles. The van der Waals surface area contributed by atoms with Crippen molar-refractivity contribution < 1.29 is 0 Å². The quantitative estimate of drug-likeness (QED) is 0.301. The summed E-state index contributed by atoms with van der Waals surface area (Å²) in [4.78, 5) is 6.83. The van der Waals surface area contributed by atoms with E-state index in [9.17, 15) is 0 Å². The Hall–Kier alpha value is -0.440. The Morgan fingerprint density at radius 2 is 2.24 bits per heavy atom. The molecule has 1 heterocycles. The van der Waals surface area contributed by atoms with Crippen LogP contribution < -0.4 is 5.32 Å². The number of thioether (sulfide) groups is 1. The van der Waals surface area contributed by atoms with Gasteiger partial charge in [0.15, 0.2) is 5.96 Å². The van der Waals surface area contributed by atoms with E-state index in [2.05, 4.69) is 40.5 Å². The van der Waals surface area contributed by atoms with Gasteiger partial charge in [0.05, 0.1) is 6.20 Å². The number of nitrogens with zero attached hydrogens (tertiary/aromatic N) is 4. The van der Waals surface area contributed by atoms with Crippen LogP contribution in [0, 0.1) is 0 Å². The lowest BCUT2D eigenvalue weighted by Gasteiger charge is -2.21. The molecule has 1 N–H and O–H groups in total. The van der Waals surface area contributed by atoms with Crippen LogP contribution in [0.25, 0.3) is 0 Å². The summed E-state index contributed by atoms with van der Waals surface area (Å²) in [5.74, 6) is 2.19. The third kappa shape index (κ3) is 8.55. The van der Waals surface area contributed by atoms with E-state index in [1.165, 1.54) is 17.7 Å². The molecule has 0 aliphatic heterocycles. The molecule has 0 bridgehead atoms. The summed E-state index contributed by atoms with van der Waals surface area (Å²) in [6, 6.07) is 0. The van der Waals surface area contributed by atoms with Gasteiger partial charge in [-0.05, 0) is 31.8 Å². The first-order chi connectivity index (χ1) is 9.67. The van der Waals surface area contributed by atoms with Gasteiger partial charge in [0.2, 0.25) is 0 Å². The van der Waals surface area contributed by atoms with Gasteiger partial charge in [0, 0.05) is 45.5 Å². The average Bonchev–Trinajstić information content (AvgIpc) is 2.82. The Morgan fingerprint density at radius 1 is 1.48 bits per heavy atom. The number of aryl methyl sites for hydroxylation is 1. The molecule has 0 amide bonds. The van der Waals surface area contributed by atoms with Crippen molar-refractivity contribution in [2.24, 2.45) is 12.0 Å². The van der Waals surface area contributed by atoms with Gasteiger partial charge in [-0.3, -0.25) is 9.67 Å². The predicted octanol–water partition coefficient (Wildman–Crippen LogP) is 2.58. The summed E-state index contributed by atoms with van der Waals surface area (Å²) >= 11 is 1.90. The van der Waals surface area contributed by atoms with Gasteiger partial charge < -0.3 is 10.2 Å². The fraction of sp³-hybridized carbons (Fsp3) is 0.714.